The number of benzene rings is 1. The molecule has 1 amide bonds. The van der Waals surface area contributed by atoms with Gasteiger partial charge < -0.3 is 19.9 Å². The van der Waals surface area contributed by atoms with Crippen molar-refractivity contribution in [3.8, 4) is 0 Å². The predicted octanol–water partition coefficient (Wildman–Crippen LogP) is 2.61. The topological polar surface area (TPSA) is 70.6 Å². The average Bonchev–Trinajstić information content (AvgIpc) is 2.78. The standard InChI is InChI=1S/C21H26BrN5O2/c22-18-5-1-3-16(13-18)14-23-21(28)17-4-2-8-27(15-17)20-7-6-19(24-25-20)26-9-11-29-12-10-26/h1,3,5-7,13,17H,2,4,8-12,14-15H2,(H,23,28)/t17-/m1/s1. The second-order valence-corrected chi connectivity index (χ2v) is 8.40. The first-order valence-corrected chi connectivity index (χ1v) is 10.9. The Bertz CT molecular complexity index is 826. The minimum absolute atomic E-state index is 0.0309. The van der Waals surface area contributed by atoms with Crippen LogP contribution in [-0.2, 0) is 16.1 Å². The second kappa shape index (κ2) is 9.54. The highest BCUT2D eigenvalue weighted by Crippen LogP contribution is 2.23. The summed E-state index contributed by atoms with van der Waals surface area (Å²) in [7, 11) is 0. The van der Waals surface area contributed by atoms with E-state index < -0.39 is 0 Å². The zero-order valence-corrected chi connectivity index (χ0v) is 18.0. The number of halogens is 1. The smallest absolute Gasteiger partial charge is 0.225 e. The molecule has 1 aromatic heterocycles. The van der Waals surface area contributed by atoms with Crippen molar-refractivity contribution >= 4 is 33.5 Å². The van der Waals surface area contributed by atoms with Gasteiger partial charge in [-0.3, -0.25) is 4.79 Å². The zero-order valence-electron chi connectivity index (χ0n) is 16.4. The van der Waals surface area contributed by atoms with E-state index >= 15 is 0 Å². The number of hydrogen-bond donors (Lipinski definition) is 1. The normalized spacial score (nSPS) is 19.8. The van der Waals surface area contributed by atoms with Crippen molar-refractivity contribution < 1.29 is 9.53 Å². The Balaban J connectivity index is 1.33. The number of aromatic nitrogens is 2. The molecule has 2 aromatic rings. The van der Waals surface area contributed by atoms with Gasteiger partial charge in [-0.25, -0.2) is 0 Å². The van der Waals surface area contributed by atoms with E-state index in [2.05, 4.69) is 41.2 Å². The van der Waals surface area contributed by atoms with E-state index in [9.17, 15) is 4.79 Å². The lowest BCUT2D eigenvalue weighted by Gasteiger charge is -2.33. The first kappa shape index (κ1) is 20.1. The van der Waals surface area contributed by atoms with Gasteiger partial charge in [0, 0.05) is 37.2 Å². The summed E-state index contributed by atoms with van der Waals surface area (Å²) >= 11 is 3.47. The SMILES string of the molecule is O=C(NCc1cccc(Br)c1)[C@@H]1CCCN(c2ccc(N3CCOCC3)nn2)C1. The highest BCUT2D eigenvalue weighted by molar-refractivity contribution is 9.10. The Morgan fingerprint density at radius 2 is 1.86 bits per heavy atom. The van der Waals surface area contributed by atoms with Crippen LogP contribution in [0.5, 0.6) is 0 Å². The molecular formula is C21H26BrN5O2. The monoisotopic (exact) mass is 459 g/mol. The number of rotatable bonds is 5. The minimum atomic E-state index is -0.0309. The Hall–Kier alpha value is -2.19. The van der Waals surface area contributed by atoms with Crippen molar-refractivity contribution in [2.45, 2.75) is 19.4 Å². The molecule has 0 unspecified atom stereocenters. The summed E-state index contributed by atoms with van der Waals surface area (Å²) in [5.41, 5.74) is 1.09. The lowest BCUT2D eigenvalue weighted by atomic mass is 9.97. The fraction of sp³-hybridized carbons (Fsp3) is 0.476. The van der Waals surface area contributed by atoms with E-state index in [0.717, 1.165) is 67.4 Å². The van der Waals surface area contributed by atoms with Crippen LogP contribution in [0.15, 0.2) is 40.9 Å². The van der Waals surface area contributed by atoms with Gasteiger partial charge in [0.25, 0.3) is 0 Å². The number of anilines is 2. The van der Waals surface area contributed by atoms with Gasteiger partial charge in [0.05, 0.1) is 19.1 Å². The third-order valence-electron chi connectivity index (χ3n) is 5.44. The molecule has 2 aliphatic heterocycles. The lowest BCUT2D eigenvalue weighted by molar-refractivity contribution is -0.125. The highest BCUT2D eigenvalue weighted by atomic mass is 79.9. The Morgan fingerprint density at radius 1 is 1.10 bits per heavy atom. The van der Waals surface area contributed by atoms with E-state index in [1.807, 2.05) is 36.4 Å². The molecule has 1 atom stereocenters. The van der Waals surface area contributed by atoms with Crippen LogP contribution >= 0.6 is 15.9 Å². The molecule has 0 bridgehead atoms. The number of ether oxygens (including phenoxy) is 1. The summed E-state index contributed by atoms with van der Waals surface area (Å²) in [6.07, 6.45) is 1.88. The highest BCUT2D eigenvalue weighted by Gasteiger charge is 2.26. The van der Waals surface area contributed by atoms with Crippen molar-refractivity contribution in [3.63, 3.8) is 0 Å². The fourth-order valence-electron chi connectivity index (χ4n) is 3.83. The van der Waals surface area contributed by atoms with Crippen LogP contribution in [0.1, 0.15) is 18.4 Å². The van der Waals surface area contributed by atoms with Gasteiger partial charge in [-0.2, -0.15) is 0 Å². The molecule has 1 aromatic carbocycles. The van der Waals surface area contributed by atoms with Crippen molar-refractivity contribution in [2.24, 2.45) is 5.92 Å². The number of carbonyl (C=O) groups is 1. The van der Waals surface area contributed by atoms with Gasteiger partial charge >= 0.3 is 0 Å². The van der Waals surface area contributed by atoms with Crippen LogP contribution in [0, 0.1) is 5.92 Å². The quantitative estimate of drug-likeness (QED) is 0.740. The van der Waals surface area contributed by atoms with Crippen LogP contribution in [0.3, 0.4) is 0 Å². The molecule has 29 heavy (non-hydrogen) atoms. The molecule has 4 rings (SSSR count). The number of hydrogen-bond acceptors (Lipinski definition) is 6. The average molecular weight is 460 g/mol. The second-order valence-electron chi connectivity index (χ2n) is 7.48. The van der Waals surface area contributed by atoms with Crippen molar-refractivity contribution in [1.29, 1.82) is 0 Å². The molecule has 2 aliphatic rings. The van der Waals surface area contributed by atoms with Crippen LogP contribution in [0.4, 0.5) is 11.6 Å². The maximum atomic E-state index is 12.7. The summed E-state index contributed by atoms with van der Waals surface area (Å²) in [4.78, 5) is 17.0. The molecular weight excluding hydrogens is 434 g/mol. The zero-order chi connectivity index (χ0) is 20.1. The first-order chi connectivity index (χ1) is 14.2. The molecule has 2 fully saturated rings. The van der Waals surface area contributed by atoms with Crippen molar-refractivity contribution in [3.05, 3.63) is 46.4 Å². The molecule has 0 aliphatic carbocycles. The van der Waals surface area contributed by atoms with Gasteiger partial charge in [-0.05, 0) is 42.7 Å². The summed E-state index contributed by atoms with van der Waals surface area (Å²) in [5.74, 6) is 1.80. The number of amides is 1. The number of morpholine rings is 1. The Labute approximate surface area is 179 Å². The van der Waals surface area contributed by atoms with Gasteiger partial charge in [0.1, 0.15) is 0 Å². The van der Waals surface area contributed by atoms with E-state index in [4.69, 9.17) is 4.74 Å². The summed E-state index contributed by atoms with van der Waals surface area (Å²) < 4.78 is 6.41. The van der Waals surface area contributed by atoms with Crippen LogP contribution < -0.4 is 15.1 Å². The summed E-state index contributed by atoms with van der Waals surface area (Å²) in [6, 6.07) is 12.0. The van der Waals surface area contributed by atoms with Crippen LogP contribution in [0.2, 0.25) is 0 Å². The first-order valence-electron chi connectivity index (χ1n) is 10.1. The Kier molecular flexibility index (Phi) is 6.61. The summed E-state index contributed by atoms with van der Waals surface area (Å²) in [6.45, 7) is 5.27. The largest absolute Gasteiger partial charge is 0.378 e. The van der Waals surface area contributed by atoms with Crippen LogP contribution in [0.25, 0.3) is 0 Å². The van der Waals surface area contributed by atoms with Gasteiger partial charge in [0.15, 0.2) is 11.6 Å². The molecule has 7 nitrogen and oxygen atoms in total. The molecule has 0 spiro atoms. The predicted molar refractivity (Wildman–Crippen MR) is 116 cm³/mol. The van der Waals surface area contributed by atoms with E-state index in [0.29, 0.717) is 13.1 Å². The fourth-order valence-corrected chi connectivity index (χ4v) is 4.27. The third-order valence-corrected chi connectivity index (χ3v) is 5.94. The third kappa shape index (κ3) is 5.25. The number of carbonyl (C=O) groups excluding carboxylic acids is 1. The number of nitrogens with zero attached hydrogens (tertiary/aromatic N) is 4. The lowest BCUT2D eigenvalue weighted by Crippen LogP contribution is -2.43. The van der Waals surface area contributed by atoms with Gasteiger partial charge in [-0.15, -0.1) is 10.2 Å². The molecule has 0 saturated carbocycles. The van der Waals surface area contributed by atoms with E-state index in [-0.39, 0.29) is 11.8 Å². The maximum Gasteiger partial charge on any atom is 0.225 e. The molecule has 154 valence electrons. The van der Waals surface area contributed by atoms with Crippen LogP contribution in [-0.4, -0.2) is 55.5 Å². The van der Waals surface area contributed by atoms with Crippen molar-refractivity contribution in [2.75, 3.05) is 49.2 Å². The van der Waals surface area contributed by atoms with E-state index in [1.54, 1.807) is 0 Å². The number of nitrogens with one attached hydrogen (secondary N) is 1. The van der Waals surface area contributed by atoms with Gasteiger partial charge in [-0.1, -0.05) is 28.1 Å². The molecule has 0 radical (unpaired) electrons. The van der Waals surface area contributed by atoms with E-state index in [1.165, 1.54) is 0 Å². The van der Waals surface area contributed by atoms with Crippen molar-refractivity contribution in [1.82, 2.24) is 15.5 Å². The molecule has 2 saturated heterocycles. The minimum Gasteiger partial charge on any atom is -0.378 e. The number of piperidine rings is 1. The summed E-state index contributed by atoms with van der Waals surface area (Å²) in [5, 5.41) is 11.9. The molecule has 8 heteroatoms. The molecule has 3 heterocycles. The maximum absolute atomic E-state index is 12.7. The Morgan fingerprint density at radius 3 is 2.59 bits per heavy atom. The van der Waals surface area contributed by atoms with Gasteiger partial charge in [0.2, 0.25) is 5.91 Å². The molecule has 1 N–H and O–H groups in total.